The number of pyridine rings is 1. The zero-order valence-electron chi connectivity index (χ0n) is 10.3. The summed E-state index contributed by atoms with van der Waals surface area (Å²) in [4.78, 5) is 15.9. The molecule has 4 nitrogen and oxygen atoms in total. The standard InChI is InChI=1S/C14H14N2O2/c1-10-4-3-5-12(8-10)16-14(17)11-6-7-13(18-2)15-9-11/h3-9H,1-2H3,(H,16,17). The van der Waals surface area contributed by atoms with Crippen molar-refractivity contribution in [2.75, 3.05) is 12.4 Å². The van der Waals surface area contributed by atoms with Gasteiger partial charge >= 0.3 is 0 Å². The molecule has 4 heteroatoms. The molecule has 0 saturated heterocycles. The summed E-state index contributed by atoms with van der Waals surface area (Å²) >= 11 is 0. The lowest BCUT2D eigenvalue weighted by Gasteiger charge is -2.06. The van der Waals surface area contributed by atoms with Crippen molar-refractivity contribution in [1.82, 2.24) is 4.98 Å². The molecular formula is C14H14N2O2. The van der Waals surface area contributed by atoms with E-state index in [1.54, 1.807) is 12.1 Å². The molecule has 1 N–H and O–H groups in total. The topological polar surface area (TPSA) is 51.2 Å². The number of amides is 1. The van der Waals surface area contributed by atoms with E-state index < -0.39 is 0 Å². The second-order valence-electron chi connectivity index (χ2n) is 3.91. The van der Waals surface area contributed by atoms with Crippen LogP contribution in [0.25, 0.3) is 0 Å². The Hall–Kier alpha value is -2.36. The molecule has 1 amide bonds. The van der Waals surface area contributed by atoms with Crippen LogP contribution in [0.2, 0.25) is 0 Å². The maximum Gasteiger partial charge on any atom is 0.257 e. The summed E-state index contributed by atoms with van der Waals surface area (Å²) < 4.78 is 4.94. The Bertz CT molecular complexity index is 550. The predicted molar refractivity (Wildman–Crippen MR) is 69.9 cm³/mol. The molecule has 0 atom stereocenters. The lowest BCUT2D eigenvalue weighted by Crippen LogP contribution is -2.12. The van der Waals surface area contributed by atoms with Crippen LogP contribution in [-0.2, 0) is 0 Å². The van der Waals surface area contributed by atoms with Crippen LogP contribution in [0.3, 0.4) is 0 Å². The van der Waals surface area contributed by atoms with Crippen molar-refractivity contribution >= 4 is 11.6 Å². The molecule has 0 spiro atoms. The van der Waals surface area contributed by atoms with Crippen molar-refractivity contribution in [3.05, 3.63) is 53.7 Å². The molecule has 0 aliphatic carbocycles. The number of nitrogens with one attached hydrogen (secondary N) is 1. The smallest absolute Gasteiger partial charge is 0.257 e. The Morgan fingerprint density at radius 1 is 1.28 bits per heavy atom. The highest BCUT2D eigenvalue weighted by Crippen LogP contribution is 2.12. The highest BCUT2D eigenvalue weighted by Gasteiger charge is 2.06. The van der Waals surface area contributed by atoms with Crippen molar-refractivity contribution in [3.63, 3.8) is 0 Å². The molecule has 18 heavy (non-hydrogen) atoms. The van der Waals surface area contributed by atoms with Gasteiger partial charge in [0.05, 0.1) is 12.7 Å². The van der Waals surface area contributed by atoms with Gasteiger partial charge in [0.1, 0.15) is 0 Å². The van der Waals surface area contributed by atoms with E-state index in [0.29, 0.717) is 11.4 Å². The summed E-state index contributed by atoms with van der Waals surface area (Å²) in [5.41, 5.74) is 2.37. The van der Waals surface area contributed by atoms with E-state index in [1.807, 2.05) is 31.2 Å². The first kappa shape index (κ1) is 12.1. The first-order valence-corrected chi connectivity index (χ1v) is 5.57. The Balaban J connectivity index is 2.11. The third-order valence-corrected chi connectivity index (χ3v) is 2.48. The van der Waals surface area contributed by atoms with Gasteiger partial charge in [-0.25, -0.2) is 4.98 Å². The lowest BCUT2D eigenvalue weighted by atomic mass is 10.2. The normalized spacial score (nSPS) is 9.89. The summed E-state index contributed by atoms with van der Waals surface area (Å²) in [5, 5.41) is 2.82. The van der Waals surface area contributed by atoms with Gasteiger partial charge in [-0.1, -0.05) is 12.1 Å². The molecule has 0 aliphatic heterocycles. The second kappa shape index (κ2) is 5.31. The zero-order valence-corrected chi connectivity index (χ0v) is 10.3. The van der Waals surface area contributed by atoms with Crippen LogP contribution in [0.15, 0.2) is 42.6 Å². The number of benzene rings is 1. The van der Waals surface area contributed by atoms with E-state index in [-0.39, 0.29) is 5.91 Å². The average Bonchev–Trinajstić information content (AvgIpc) is 2.39. The van der Waals surface area contributed by atoms with Gasteiger partial charge in [-0.15, -0.1) is 0 Å². The molecule has 0 bridgehead atoms. The predicted octanol–water partition coefficient (Wildman–Crippen LogP) is 2.65. The lowest BCUT2D eigenvalue weighted by molar-refractivity contribution is 0.102. The first-order valence-electron chi connectivity index (χ1n) is 5.57. The highest BCUT2D eigenvalue weighted by atomic mass is 16.5. The summed E-state index contributed by atoms with van der Waals surface area (Å²) in [6, 6.07) is 11.0. The van der Waals surface area contributed by atoms with Gasteiger partial charge in [-0.3, -0.25) is 4.79 Å². The minimum Gasteiger partial charge on any atom is -0.481 e. The van der Waals surface area contributed by atoms with Gasteiger partial charge in [0, 0.05) is 18.0 Å². The third-order valence-electron chi connectivity index (χ3n) is 2.48. The van der Waals surface area contributed by atoms with Gasteiger partial charge < -0.3 is 10.1 Å². The van der Waals surface area contributed by atoms with Crippen molar-refractivity contribution in [2.24, 2.45) is 0 Å². The Morgan fingerprint density at radius 2 is 2.11 bits per heavy atom. The van der Waals surface area contributed by atoms with Crippen molar-refractivity contribution < 1.29 is 9.53 Å². The van der Waals surface area contributed by atoms with Crippen molar-refractivity contribution in [1.29, 1.82) is 0 Å². The fraction of sp³-hybridized carbons (Fsp3) is 0.143. The van der Waals surface area contributed by atoms with Crippen LogP contribution in [0, 0.1) is 6.92 Å². The van der Waals surface area contributed by atoms with E-state index in [1.165, 1.54) is 13.3 Å². The molecule has 0 aliphatic rings. The van der Waals surface area contributed by atoms with Crippen molar-refractivity contribution in [3.8, 4) is 5.88 Å². The molecule has 0 saturated carbocycles. The Kier molecular flexibility index (Phi) is 3.57. The quantitative estimate of drug-likeness (QED) is 0.900. The Labute approximate surface area is 106 Å². The molecule has 0 unspecified atom stereocenters. The molecule has 0 fully saturated rings. The number of hydrogen-bond donors (Lipinski definition) is 1. The number of aryl methyl sites for hydroxylation is 1. The van der Waals surface area contributed by atoms with E-state index >= 15 is 0 Å². The highest BCUT2D eigenvalue weighted by molar-refractivity contribution is 6.04. The molecule has 1 aromatic carbocycles. The van der Waals surface area contributed by atoms with E-state index in [9.17, 15) is 4.79 Å². The number of hydrogen-bond acceptors (Lipinski definition) is 3. The van der Waals surface area contributed by atoms with Gasteiger partial charge in [0.2, 0.25) is 5.88 Å². The largest absolute Gasteiger partial charge is 0.481 e. The zero-order chi connectivity index (χ0) is 13.0. The van der Waals surface area contributed by atoms with Crippen LogP contribution in [0.4, 0.5) is 5.69 Å². The molecular weight excluding hydrogens is 228 g/mol. The molecule has 1 aromatic heterocycles. The van der Waals surface area contributed by atoms with Gasteiger partial charge in [0.25, 0.3) is 5.91 Å². The van der Waals surface area contributed by atoms with E-state index in [0.717, 1.165) is 11.3 Å². The molecule has 2 aromatic rings. The fourth-order valence-corrected chi connectivity index (χ4v) is 1.56. The van der Waals surface area contributed by atoms with Gasteiger partial charge in [0.15, 0.2) is 0 Å². The van der Waals surface area contributed by atoms with Gasteiger partial charge in [-0.2, -0.15) is 0 Å². The van der Waals surface area contributed by atoms with Crippen LogP contribution < -0.4 is 10.1 Å². The summed E-state index contributed by atoms with van der Waals surface area (Å²) in [5.74, 6) is 0.304. The number of carbonyl (C=O) groups is 1. The summed E-state index contributed by atoms with van der Waals surface area (Å²) in [7, 11) is 1.54. The monoisotopic (exact) mass is 242 g/mol. The molecule has 2 rings (SSSR count). The molecule has 92 valence electrons. The van der Waals surface area contributed by atoms with Crippen LogP contribution >= 0.6 is 0 Å². The number of carbonyl (C=O) groups excluding carboxylic acids is 1. The Morgan fingerprint density at radius 3 is 2.72 bits per heavy atom. The van der Waals surface area contributed by atoms with Crippen LogP contribution in [-0.4, -0.2) is 18.0 Å². The number of aromatic nitrogens is 1. The number of ether oxygens (including phenoxy) is 1. The summed E-state index contributed by atoms with van der Waals surface area (Å²) in [6.45, 7) is 1.98. The van der Waals surface area contributed by atoms with Gasteiger partial charge in [-0.05, 0) is 30.7 Å². The van der Waals surface area contributed by atoms with Crippen LogP contribution in [0.1, 0.15) is 15.9 Å². The number of nitrogens with zero attached hydrogens (tertiary/aromatic N) is 1. The third kappa shape index (κ3) is 2.85. The van der Waals surface area contributed by atoms with E-state index in [4.69, 9.17) is 4.74 Å². The minimum atomic E-state index is -0.184. The molecule has 0 radical (unpaired) electrons. The van der Waals surface area contributed by atoms with Crippen LogP contribution in [0.5, 0.6) is 5.88 Å². The second-order valence-corrected chi connectivity index (χ2v) is 3.91. The number of rotatable bonds is 3. The minimum absolute atomic E-state index is 0.184. The SMILES string of the molecule is COc1ccc(C(=O)Nc2cccc(C)c2)cn1. The van der Waals surface area contributed by atoms with Crippen molar-refractivity contribution in [2.45, 2.75) is 6.92 Å². The number of anilines is 1. The fourth-order valence-electron chi connectivity index (χ4n) is 1.56. The summed E-state index contributed by atoms with van der Waals surface area (Å²) in [6.07, 6.45) is 1.49. The molecule has 1 heterocycles. The van der Waals surface area contributed by atoms with E-state index in [2.05, 4.69) is 10.3 Å². The maximum absolute atomic E-state index is 11.9. The first-order chi connectivity index (χ1) is 8.69. The number of methoxy groups -OCH3 is 1. The maximum atomic E-state index is 11.9. The average molecular weight is 242 g/mol.